The van der Waals surface area contributed by atoms with Gasteiger partial charge < -0.3 is 14.7 Å². The van der Waals surface area contributed by atoms with E-state index < -0.39 is 0 Å². The molecule has 2 aliphatic heterocycles. The topological polar surface area (TPSA) is 56.8 Å². The Morgan fingerprint density at radius 1 is 0.865 bits per heavy atom. The number of aromatic nitrogens is 1. The molecule has 0 atom stereocenters. The lowest BCUT2D eigenvalue weighted by atomic mass is 9.89. The second-order valence-electron chi connectivity index (χ2n) is 10.7. The molecule has 0 bridgehead atoms. The number of carbonyl (C=O) groups excluding carboxylic acids is 2. The Morgan fingerprint density at radius 2 is 1.57 bits per heavy atom. The number of rotatable bonds is 5. The number of anilines is 1. The highest BCUT2D eigenvalue weighted by atomic mass is 19.1. The van der Waals surface area contributed by atoms with Gasteiger partial charge in [-0.1, -0.05) is 30.3 Å². The van der Waals surface area contributed by atoms with Crippen LogP contribution in [-0.2, 0) is 11.2 Å². The van der Waals surface area contributed by atoms with Gasteiger partial charge in [-0.25, -0.2) is 4.39 Å². The van der Waals surface area contributed by atoms with E-state index in [1.807, 2.05) is 15.9 Å². The lowest BCUT2D eigenvalue weighted by Crippen LogP contribution is -2.51. The molecule has 7 heteroatoms. The van der Waals surface area contributed by atoms with Crippen molar-refractivity contribution in [2.75, 3.05) is 44.2 Å². The molecule has 3 heterocycles. The van der Waals surface area contributed by atoms with Crippen molar-refractivity contribution in [1.29, 1.82) is 0 Å². The van der Waals surface area contributed by atoms with E-state index in [1.165, 1.54) is 17.7 Å². The summed E-state index contributed by atoms with van der Waals surface area (Å²) in [5, 5.41) is 0.690. The molecule has 0 spiro atoms. The lowest BCUT2D eigenvalue weighted by molar-refractivity contribution is -0.134. The van der Waals surface area contributed by atoms with E-state index in [4.69, 9.17) is 0 Å². The molecule has 3 aliphatic rings. The third-order valence-corrected chi connectivity index (χ3v) is 8.14. The molecule has 0 unspecified atom stereocenters. The van der Waals surface area contributed by atoms with Crippen LogP contribution < -0.4 is 4.90 Å². The van der Waals surface area contributed by atoms with Crippen LogP contribution in [0.25, 0.3) is 10.9 Å². The Bertz CT molecular complexity index is 1290. The fourth-order valence-corrected chi connectivity index (χ4v) is 5.84. The number of amides is 2. The first-order valence-electron chi connectivity index (χ1n) is 13.5. The number of carbonyl (C=O) groups is 2. The molecule has 192 valence electrons. The molecule has 2 saturated heterocycles. The standard InChI is InChI=1S/C30H33FN4O2/c31-24-8-9-27-25(19-24)28(33-12-10-22(11-13-33)18-21-4-2-1-3-5-21)26(20-32-27)30(37)35-16-14-34(15-17-35)29(36)23-6-7-23/h1-5,8-9,19-20,22-23H,6-7,10-18H2. The van der Waals surface area contributed by atoms with E-state index in [0.717, 1.165) is 50.9 Å². The van der Waals surface area contributed by atoms with Gasteiger partial charge in [-0.05, 0) is 61.8 Å². The Labute approximate surface area is 217 Å². The number of halogens is 1. The Morgan fingerprint density at radius 3 is 2.27 bits per heavy atom. The summed E-state index contributed by atoms with van der Waals surface area (Å²) < 4.78 is 14.4. The zero-order valence-corrected chi connectivity index (χ0v) is 21.1. The van der Waals surface area contributed by atoms with Gasteiger partial charge in [-0.3, -0.25) is 14.6 Å². The second kappa shape index (κ2) is 10.1. The van der Waals surface area contributed by atoms with Crippen LogP contribution in [0.2, 0.25) is 0 Å². The molecule has 6 rings (SSSR count). The van der Waals surface area contributed by atoms with Gasteiger partial charge in [0.05, 0.1) is 16.8 Å². The fraction of sp³-hybridized carbons (Fsp3) is 0.433. The summed E-state index contributed by atoms with van der Waals surface area (Å²) in [4.78, 5) is 36.7. The Hall–Kier alpha value is -3.48. The van der Waals surface area contributed by atoms with Crippen LogP contribution in [0.5, 0.6) is 0 Å². The summed E-state index contributed by atoms with van der Waals surface area (Å²) in [5.41, 5.74) is 3.37. The minimum Gasteiger partial charge on any atom is -0.370 e. The first kappa shape index (κ1) is 23.9. The number of piperidine rings is 1. The van der Waals surface area contributed by atoms with E-state index in [0.29, 0.717) is 48.6 Å². The maximum atomic E-state index is 14.4. The van der Waals surface area contributed by atoms with E-state index in [-0.39, 0.29) is 23.5 Å². The maximum absolute atomic E-state index is 14.4. The first-order valence-corrected chi connectivity index (χ1v) is 13.5. The maximum Gasteiger partial charge on any atom is 0.257 e. The van der Waals surface area contributed by atoms with Crippen molar-refractivity contribution >= 4 is 28.4 Å². The average molecular weight is 501 g/mol. The largest absolute Gasteiger partial charge is 0.370 e. The second-order valence-corrected chi connectivity index (χ2v) is 10.7. The molecular formula is C30H33FN4O2. The Kier molecular flexibility index (Phi) is 6.53. The molecule has 3 aromatic rings. The number of fused-ring (bicyclic) bond motifs is 1. The van der Waals surface area contributed by atoms with Gasteiger partial charge in [0, 0.05) is 56.8 Å². The van der Waals surface area contributed by atoms with Crippen LogP contribution in [0, 0.1) is 17.7 Å². The quantitative estimate of drug-likeness (QED) is 0.517. The fourth-order valence-electron chi connectivity index (χ4n) is 5.84. The first-order chi connectivity index (χ1) is 18.1. The predicted octanol–water partition coefficient (Wildman–Crippen LogP) is 4.53. The van der Waals surface area contributed by atoms with Crippen molar-refractivity contribution in [2.45, 2.75) is 32.1 Å². The van der Waals surface area contributed by atoms with Crippen LogP contribution in [-0.4, -0.2) is 65.9 Å². The molecule has 6 nitrogen and oxygen atoms in total. The molecule has 1 aromatic heterocycles. The summed E-state index contributed by atoms with van der Waals surface area (Å²) in [7, 11) is 0. The van der Waals surface area contributed by atoms with E-state index in [2.05, 4.69) is 34.1 Å². The average Bonchev–Trinajstić information content (AvgIpc) is 3.79. The summed E-state index contributed by atoms with van der Waals surface area (Å²) in [6.07, 6.45) is 6.73. The monoisotopic (exact) mass is 500 g/mol. The van der Waals surface area contributed by atoms with Crippen molar-refractivity contribution in [3.8, 4) is 0 Å². The van der Waals surface area contributed by atoms with Gasteiger partial charge in [0.25, 0.3) is 5.91 Å². The zero-order valence-electron chi connectivity index (χ0n) is 21.1. The third kappa shape index (κ3) is 5.04. The number of piperazine rings is 1. The van der Waals surface area contributed by atoms with Gasteiger partial charge in [0.15, 0.2) is 0 Å². The SMILES string of the molecule is O=C(c1cnc2ccc(F)cc2c1N1CCC(Cc2ccccc2)CC1)N1CCN(C(=O)C2CC2)CC1. The summed E-state index contributed by atoms with van der Waals surface area (Å²) in [6, 6.07) is 15.2. The van der Waals surface area contributed by atoms with Crippen molar-refractivity contribution in [3.63, 3.8) is 0 Å². The minimum absolute atomic E-state index is 0.0846. The van der Waals surface area contributed by atoms with Gasteiger partial charge in [-0.15, -0.1) is 0 Å². The molecule has 3 fully saturated rings. The summed E-state index contributed by atoms with van der Waals surface area (Å²) in [5.74, 6) is 0.594. The van der Waals surface area contributed by atoms with Gasteiger partial charge in [-0.2, -0.15) is 0 Å². The summed E-state index contributed by atoms with van der Waals surface area (Å²) >= 11 is 0. The van der Waals surface area contributed by atoms with Crippen LogP contribution in [0.15, 0.2) is 54.7 Å². The van der Waals surface area contributed by atoms with Crippen LogP contribution in [0.3, 0.4) is 0 Å². The van der Waals surface area contributed by atoms with Crippen LogP contribution in [0.4, 0.5) is 10.1 Å². The molecule has 37 heavy (non-hydrogen) atoms. The molecule has 2 aromatic carbocycles. The molecule has 0 radical (unpaired) electrons. The summed E-state index contributed by atoms with van der Waals surface area (Å²) in [6.45, 7) is 3.79. The van der Waals surface area contributed by atoms with Crippen molar-refractivity contribution in [1.82, 2.24) is 14.8 Å². The number of hydrogen-bond donors (Lipinski definition) is 0. The normalized spacial score (nSPS) is 18.9. The van der Waals surface area contributed by atoms with Crippen LogP contribution >= 0.6 is 0 Å². The molecular weight excluding hydrogens is 467 g/mol. The van der Waals surface area contributed by atoms with Crippen molar-refractivity contribution in [3.05, 3.63) is 71.7 Å². The Balaban J connectivity index is 1.23. The highest BCUT2D eigenvalue weighted by Crippen LogP contribution is 2.35. The molecule has 1 saturated carbocycles. The molecule has 1 aliphatic carbocycles. The molecule has 2 amide bonds. The highest BCUT2D eigenvalue weighted by Gasteiger charge is 2.36. The predicted molar refractivity (Wildman–Crippen MR) is 142 cm³/mol. The third-order valence-electron chi connectivity index (χ3n) is 8.14. The minimum atomic E-state index is -0.327. The zero-order chi connectivity index (χ0) is 25.4. The number of nitrogens with zero attached hydrogens (tertiary/aromatic N) is 4. The molecule has 0 N–H and O–H groups in total. The van der Waals surface area contributed by atoms with Crippen LogP contribution in [0.1, 0.15) is 41.6 Å². The van der Waals surface area contributed by atoms with Gasteiger partial charge in [0.1, 0.15) is 5.82 Å². The number of benzene rings is 2. The van der Waals surface area contributed by atoms with Gasteiger partial charge in [0.2, 0.25) is 5.91 Å². The van der Waals surface area contributed by atoms with E-state index >= 15 is 0 Å². The van der Waals surface area contributed by atoms with E-state index in [1.54, 1.807) is 12.3 Å². The van der Waals surface area contributed by atoms with Crippen molar-refractivity contribution < 1.29 is 14.0 Å². The van der Waals surface area contributed by atoms with E-state index in [9.17, 15) is 14.0 Å². The van der Waals surface area contributed by atoms with Gasteiger partial charge >= 0.3 is 0 Å². The highest BCUT2D eigenvalue weighted by molar-refractivity contribution is 6.07. The number of pyridine rings is 1. The van der Waals surface area contributed by atoms with Crippen molar-refractivity contribution in [2.24, 2.45) is 11.8 Å². The lowest BCUT2D eigenvalue weighted by Gasteiger charge is -2.37. The smallest absolute Gasteiger partial charge is 0.257 e. The number of hydrogen-bond acceptors (Lipinski definition) is 4.